The number of aromatic nitrogens is 5. The molecule has 3 aliphatic heterocycles. The maximum atomic E-state index is 13.6. The molecule has 41 heavy (non-hydrogen) atoms. The summed E-state index contributed by atoms with van der Waals surface area (Å²) in [6.45, 7) is 11.4. The molecule has 0 aliphatic carbocycles. The first-order valence-electron chi connectivity index (χ1n) is 14.1. The van der Waals surface area contributed by atoms with Crippen LogP contribution in [0.4, 0.5) is 17.3 Å². The second-order valence-corrected chi connectivity index (χ2v) is 11.5. The summed E-state index contributed by atoms with van der Waals surface area (Å²) >= 11 is 0. The van der Waals surface area contributed by atoms with Crippen LogP contribution >= 0.6 is 0 Å². The van der Waals surface area contributed by atoms with Crippen LogP contribution in [0.5, 0.6) is 5.88 Å². The molecule has 0 saturated heterocycles. The third-order valence-electron chi connectivity index (χ3n) is 8.68. The van der Waals surface area contributed by atoms with E-state index in [9.17, 15) is 4.79 Å². The second-order valence-electron chi connectivity index (χ2n) is 11.5. The molecule has 0 spiro atoms. The highest BCUT2D eigenvalue weighted by atomic mass is 16.5. The summed E-state index contributed by atoms with van der Waals surface area (Å²) in [6, 6.07) is 8.46. The lowest BCUT2D eigenvalue weighted by Gasteiger charge is -2.41. The molecule has 1 N–H and O–H groups in total. The number of ether oxygens (including phenoxy) is 1. The van der Waals surface area contributed by atoms with Crippen molar-refractivity contribution in [3.05, 3.63) is 82.6 Å². The van der Waals surface area contributed by atoms with E-state index in [1.54, 1.807) is 17.1 Å². The fraction of sp³-hybridized carbons (Fsp3) is 0.355. The molecule has 0 amide bonds. The van der Waals surface area contributed by atoms with Crippen molar-refractivity contribution in [1.82, 2.24) is 29.2 Å². The number of fused-ring (bicyclic) bond motifs is 6. The monoisotopic (exact) mass is 550 g/mol. The van der Waals surface area contributed by atoms with E-state index in [0.717, 1.165) is 55.1 Å². The Hall–Kier alpha value is -4.44. The lowest BCUT2D eigenvalue weighted by molar-refractivity contribution is 0.143. The van der Waals surface area contributed by atoms with Gasteiger partial charge in [0.1, 0.15) is 17.7 Å². The lowest BCUT2D eigenvalue weighted by atomic mass is 9.83. The Morgan fingerprint density at radius 1 is 1.10 bits per heavy atom. The predicted molar refractivity (Wildman–Crippen MR) is 160 cm³/mol. The zero-order valence-electron chi connectivity index (χ0n) is 23.7. The third kappa shape index (κ3) is 4.21. The van der Waals surface area contributed by atoms with Gasteiger partial charge in [-0.05, 0) is 69.5 Å². The molecule has 4 aromatic rings. The van der Waals surface area contributed by atoms with Crippen molar-refractivity contribution in [2.24, 2.45) is 0 Å². The van der Waals surface area contributed by atoms with E-state index >= 15 is 0 Å². The summed E-state index contributed by atoms with van der Waals surface area (Å²) in [5, 5.41) is 3.84. The first-order chi connectivity index (χ1) is 19.8. The number of likely N-dealkylation sites (N-methyl/N-ethyl adjacent to an activating group) is 1. The SMILES string of the molecule is C=C1COc2ncc3cc2N1CCCC=CCn1c(=O)c2cnc(Nc4ccc5c(c4)C(C)(C)N(C)CC5)nc2n1-3. The van der Waals surface area contributed by atoms with Gasteiger partial charge in [-0.1, -0.05) is 24.8 Å². The Balaban J connectivity index is 1.35. The van der Waals surface area contributed by atoms with E-state index in [4.69, 9.17) is 9.72 Å². The van der Waals surface area contributed by atoms with E-state index in [2.05, 4.69) is 76.8 Å². The Labute approximate surface area is 238 Å². The van der Waals surface area contributed by atoms with Gasteiger partial charge >= 0.3 is 0 Å². The number of nitrogens with one attached hydrogen (secondary N) is 1. The van der Waals surface area contributed by atoms with Gasteiger partial charge in [-0.15, -0.1) is 0 Å². The van der Waals surface area contributed by atoms with E-state index in [1.807, 2.05) is 16.8 Å². The van der Waals surface area contributed by atoms with Crippen LogP contribution in [0, 0.1) is 0 Å². The Bertz CT molecular complexity index is 1780. The van der Waals surface area contributed by atoms with Gasteiger partial charge in [0.2, 0.25) is 11.8 Å². The van der Waals surface area contributed by atoms with Crippen molar-refractivity contribution in [3.63, 3.8) is 0 Å². The molecule has 0 unspecified atom stereocenters. The van der Waals surface area contributed by atoms with Gasteiger partial charge in [-0.3, -0.25) is 9.69 Å². The Morgan fingerprint density at radius 2 is 1.98 bits per heavy atom. The number of rotatable bonds is 2. The van der Waals surface area contributed by atoms with E-state index < -0.39 is 0 Å². The average Bonchev–Trinajstić information content (AvgIpc) is 3.23. The van der Waals surface area contributed by atoms with Gasteiger partial charge in [0, 0.05) is 36.2 Å². The molecule has 2 bridgehead atoms. The maximum Gasteiger partial charge on any atom is 0.278 e. The molecule has 0 saturated carbocycles. The van der Waals surface area contributed by atoms with Gasteiger partial charge in [-0.2, -0.15) is 4.98 Å². The van der Waals surface area contributed by atoms with Crippen LogP contribution in [0.25, 0.3) is 16.7 Å². The van der Waals surface area contributed by atoms with Crippen LogP contribution in [-0.2, 0) is 18.5 Å². The molecule has 7 rings (SSSR count). The molecule has 10 nitrogen and oxygen atoms in total. The highest BCUT2D eigenvalue weighted by Gasteiger charge is 2.32. The minimum atomic E-state index is -0.151. The van der Waals surface area contributed by atoms with Gasteiger partial charge < -0.3 is 15.0 Å². The van der Waals surface area contributed by atoms with Crippen molar-refractivity contribution in [2.75, 3.05) is 37.0 Å². The van der Waals surface area contributed by atoms with Gasteiger partial charge in [0.05, 0.1) is 18.4 Å². The number of allylic oxidation sites excluding steroid dienone is 2. The molecule has 10 heteroatoms. The molecule has 6 heterocycles. The largest absolute Gasteiger partial charge is 0.470 e. The summed E-state index contributed by atoms with van der Waals surface area (Å²) in [5.41, 5.74) is 6.31. The van der Waals surface area contributed by atoms with Crippen molar-refractivity contribution < 1.29 is 4.74 Å². The number of benzene rings is 1. The Morgan fingerprint density at radius 3 is 2.85 bits per heavy atom. The summed E-state index contributed by atoms with van der Waals surface area (Å²) in [4.78, 5) is 32.2. The number of hydrogen-bond donors (Lipinski definition) is 1. The normalized spacial score (nSPS) is 18.2. The highest BCUT2D eigenvalue weighted by Crippen LogP contribution is 2.37. The van der Waals surface area contributed by atoms with Crippen LogP contribution < -0.4 is 20.5 Å². The minimum Gasteiger partial charge on any atom is -0.470 e. The van der Waals surface area contributed by atoms with E-state index in [0.29, 0.717) is 36.0 Å². The fourth-order valence-corrected chi connectivity index (χ4v) is 6.05. The van der Waals surface area contributed by atoms with Crippen LogP contribution in [0.3, 0.4) is 0 Å². The van der Waals surface area contributed by atoms with Gasteiger partial charge in [0.25, 0.3) is 5.56 Å². The van der Waals surface area contributed by atoms with Gasteiger partial charge in [0.15, 0.2) is 5.65 Å². The van der Waals surface area contributed by atoms with Crippen molar-refractivity contribution in [1.29, 1.82) is 0 Å². The number of pyridine rings is 1. The Kier molecular flexibility index (Phi) is 5.97. The molecule has 0 radical (unpaired) electrons. The van der Waals surface area contributed by atoms with E-state index in [1.165, 1.54) is 11.1 Å². The smallest absolute Gasteiger partial charge is 0.278 e. The van der Waals surface area contributed by atoms with Crippen LogP contribution in [0.1, 0.15) is 37.8 Å². The number of hydrogen-bond acceptors (Lipinski definition) is 8. The standard InChI is InChI=1S/C31H34N8O2/c1-20-19-41-28-26-16-23(17-32-28)39-27-24(29(40)38(39)13-8-6-5-7-12-37(20)26)18-33-30(35-27)34-22-10-9-21-11-14-36(4)31(2,3)25(21)15-22/h6,8-10,15-18H,1,5,7,11-14,19H2,2-4H3,(H,33,34,35). The molecule has 210 valence electrons. The zero-order valence-corrected chi connectivity index (χ0v) is 23.7. The topological polar surface area (TPSA) is 93.3 Å². The van der Waals surface area contributed by atoms with Crippen molar-refractivity contribution in [2.45, 2.75) is 45.2 Å². The first kappa shape index (κ1) is 25.5. The maximum absolute atomic E-state index is 13.6. The summed E-state index contributed by atoms with van der Waals surface area (Å²) in [5.74, 6) is 0.989. The molecule has 3 aliphatic rings. The van der Waals surface area contributed by atoms with Crippen LogP contribution in [-0.4, -0.2) is 56.0 Å². The molecule has 0 fully saturated rings. The van der Waals surface area contributed by atoms with Crippen molar-refractivity contribution >= 4 is 28.4 Å². The zero-order chi connectivity index (χ0) is 28.3. The minimum absolute atomic E-state index is 0.0772. The third-order valence-corrected chi connectivity index (χ3v) is 8.68. The quantitative estimate of drug-likeness (QED) is 0.365. The molecular weight excluding hydrogens is 516 g/mol. The molecular formula is C31H34N8O2. The first-order valence-corrected chi connectivity index (χ1v) is 14.1. The highest BCUT2D eigenvalue weighted by molar-refractivity contribution is 5.78. The number of anilines is 3. The molecule has 3 aromatic heterocycles. The summed E-state index contributed by atoms with van der Waals surface area (Å²) < 4.78 is 9.39. The average molecular weight is 551 g/mol. The summed E-state index contributed by atoms with van der Waals surface area (Å²) in [6.07, 6.45) is 10.4. The lowest BCUT2D eigenvalue weighted by Crippen LogP contribution is -2.43. The van der Waals surface area contributed by atoms with Gasteiger partial charge in [-0.25, -0.2) is 19.3 Å². The van der Waals surface area contributed by atoms with Crippen molar-refractivity contribution in [3.8, 4) is 11.6 Å². The number of nitrogens with zero attached hydrogens (tertiary/aromatic N) is 7. The predicted octanol–water partition coefficient (Wildman–Crippen LogP) is 4.51. The second kappa shape index (κ2) is 9.59. The van der Waals surface area contributed by atoms with Crippen LogP contribution in [0.2, 0.25) is 0 Å². The van der Waals surface area contributed by atoms with Crippen LogP contribution in [0.15, 0.2) is 65.9 Å². The fourth-order valence-electron chi connectivity index (χ4n) is 6.05. The molecule has 1 aromatic carbocycles. The summed E-state index contributed by atoms with van der Waals surface area (Å²) in [7, 11) is 2.17. The van der Waals surface area contributed by atoms with E-state index in [-0.39, 0.29) is 11.1 Å². The molecule has 0 atom stereocenters.